The normalized spacial score (nSPS) is 9.78. The van der Waals surface area contributed by atoms with Crippen molar-refractivity contribution in [3.8, 4) is 0 Å². The first kappa shape index (κ1) is 13.4. The van der Waals surface area contributed by atoms with E-state index in [4.69, 9.17) is 16.6 Å². The van der Waals surface area contributed by atoms with Crippen molar-refractivity contribution in [3.63, 3.8) is 0 Å². The van der Waals surface area contributed by atoms with Crippen molar-refractivity contribution in [2.75, 3.05) is 18.0 Å². The van der Waals surface area contributed by atoms with Crippen LogP contribution >= 0.6 is 0 Å². The zero-order chi connectivity index (χ0) is 13.7. The fraction of sp³-hybridized carbons (Fsp3) is 0.222. The molecule has 0 aliphatic rings. The number of carboxylic acid groups (broad SMARTS) is 1. The Labute approximate surface area is 101 Å². The molecule has 0 atom stereocenters. The monoisotopic (exact) mass is 253 g/mol. The number of aromatic nitrogens is 2. The molecule has 9 nitrogen and oxygen atoms in total. The van der Waals surface area contributed by atoms with E-state index in [1.807, 2.05) is 0 Å². The predicted octanol–water partition coefficient (Wildman–Crippen LogP) is -2.05. The van der Waals surface area contributed by atoms with E-state index in [2.05, 4.69) is 10.2 Å². The van der Waals surface area contributed by atoms with Gasteiger partial charge in [-0.3, -0.25) is 9.59 Å². The molecule has 96 valence electrons. The molecule has 0 unspecified atom stereocenters. The van der Waals surface area contributed by atoms with Gasteiger partial charge in [0, 0.05) is 0 Å². The maximum absolute atomic E-state index is 10.8. The van der Waals surface area contributed by atoms with Crippen LogP contribution in [0, 0.1) is 0 Å². The summed E-state index contributed by atoms with van der Waals surface area (Å²) >= 11 is 0. The summed E-state index contributed by atoms with van der Waals surface area (Å²) in [6.45, 7) is -0.548. The SMILES string of the molecule is NC(=O)CN(CC(N)=O)c1ccc(C(=O)O)nn1. The molecule has 0 aromatic carbocycles. The lowest BCUT2D eigenvalue weighted by atomic mass is 10.3. The molecule has 5 N–H and O–H groups in total. The molecular weight excluding hydrogens is 242 g/mol. The Hall–Kier alpha value is -2.71. The highest BCUT2D eigenvalue weighted by molar-refractivity contribution is 5.86. The molecule has 0 aliphatic heterocycles. The standard InChI is InChI=1S/C9H11N5O4/c10-6(15)3-14(4-7(11)16)8-2-1-5(9(17)18)12-13-8/h1-2H,3-4H2,(H2,10,15)(H2,11,16)(H,17,18). The van der Waals surface area contributed by atoms with Gasteiger partial charge in [-0.05, 0) is 12.1 Å². The van der Waals surface area contributed by atoms with E-state index < -0.39 is 17.8 Å². The summed E-state index contributed by atoms with van der Waals surface area (Å²) in [5.74, 6) is -2.45. The first-order valence-electron chi connectivity index (χ1n) is 4.78. The Morgan fingerprint density at radius 1 is 1.11 bits per heavy atom. The number of nitrogens with two attached hydrogens (primary N) is 2. The van der Waals surface area contributed by atoms with E-state index >= 15 is 0 Å². The van der Waals surface area contributed by atoms with Crippen LogP contribution in [0.25, 0.3) is 0 Å². The minimum Gasteiger partial charge on any atom is -0.476 e. The van der Waals surface area contributed by atoms with Gasteiger partial charge in [-0.25, -0.2) is 4.79 Å². The van der Waals surface area contributed by atoms with Gasteiger partial charge in [0.2, 0.25) is 11.8 Å². The summed E-state index contributed by atoms with van der Waals surface area (Å²) in [5.41, 5.74) is 9.77. The van der Waals surface area contributed by atoms with Crippen molar-refractivity contribution >= 4 is 23.6 Å². The summed E-state index contributed by atoms with van der Waals surface area (Å²) in [5, 5.41) is 15.6. The smallest absolute Gasteiger partial charge is 0.356 e. The van der Waals surface area contributed by atoms with Gasteiger partial charge >= 0.3 is 5.97 Å². The number of carboxylic acids is 1. The molecule has 0 bridgehead atoms. The van der Waals surface area contributed by atoms with Gasteiger partial charge in [-0.15, -0.1) is 10.2 Å². The third-order valence-corrected chi connectivity index (χ3v) is 1.89. The lowest BCUT2D eigenvalue weighted by Gasteiger charge is -2.19. The first-order valence-corrected chi connectivity index (χ1v) is 4.78. The van der Waals surface area contributed by atoms with Crippen LogP contribution < -0.4 is 16.4 Å². The number of rotatable bonds is 6. The minimum atomic E-state index is -1.23. The Bertz CT molecular complexity index is 456. The molecule has 2 amide bonds. The summed E-state index contributed by atoms with van der Waals surface area (Å²) in [7, 11) is 0. The predicted molar refractivity (Wildman–Crippen MR) is 59.6 cm³/mol. The quantitative estimate of drug-likeness (QED) is 0.527. The van der Waals surface area contributed by atoms with Crippen LogP contribution in [0.3, 0.4) is 0 Å². The van der Waals surface area contributed by atoms with Gasteiger partial charge in [-0.2, -0.15) is 0 Å². The summed E-state index contributed by atoms with van der Waals surface area (Å²) < 4.78 is 0. The largest absolute Gasteiger partial charge is 0.476 e. The van der Waals surface area contributed by atoms with E-state index in [0.717, 1.165) is 0 Å². The van der Waals surface area contributed by atoms with Crippen LogP contribution in [0.2, 0.25) is 0 Å². The summed E-state index contributed by atoms with van der Waals surface area (Å²) in [6, 6.07) is 2.50. The number of anilines is 1. The molecular formula is C9H11N5O4. The van der Waals surface area contributed by atoms with E-state index in [1.165, 1.54) is 17.0 Å². The maximum atomic E-state index is 10.8. The molecule has 9 heteroatoms. The first-order chi connectivity index (χ1) is 8.40. The fourth-order valence-electron chi connectivity index (χ4n) is 1.20. The van der Waals surface area contributed by atoms with Gasteiger partial charge in [0.1, 0.15) is 0 Å². The van der Waals surface area contributed by atoms with Crippen LogP contribution in [0.1, 0.15) is 10.5 Å². The number of amides is 2. The number of carbonyl (C=O) groups excluding carboxylic acids is 2. The molecule has 0 saturated heterocycles. The Morgan fingerprint density at radius 3 is 2.00 bits per heavy atom. The van der Waals surface area contributed by atoms with Crippen molar-refractivity contribution in [2.24, 2.45) is 11.5 Å². The molecule has 1 aromatic rings. The molecule has 1 heterocycles. The number of carbonyl (C=O) groups is 3. The second kappa shape index (κ2) is 5.57. The average molecular weight is 253 g/mol. The molecule has 0 radical (unpaired) electrons. The highest BCUT2D eigenvalue weighted by Crippen LogP contribution is 2.08. The highest BCUT2D eigenvalue weighted by atomic mass is 16.4. The number of primary amides is 2. The molecule has 18 heavy (non-hydrogen) atoms. The van der Waals surface area contributed by atoms with Crippen molar-refractivity contribution in [2.45, 2.75) is 0 Å². The fourth-order valence-corrected chi connectivity index (χ4v) is 1.20. The number of nitrogens with zero attached hydrogens (tertiary/aromatic N) is 3. The van der Waals surface area contributed by atoms with Crippen LogP contribution in [-0.4, -0.2) is 46.2 Å². The zero-order valence-corrected chi connectivity index (χ0v) is 9.24. The van der Waals surface area contributed by atoms with E-state index in [-0.39, 0.29) is 24.6 Å². The average Bonchev–Trinajstić information content (AvgIpc) is 2.27. The number of hydrogen-bond acceptors (Lipinski definition) is 6. The van der Waals surface area contributed by atoms with Gasteiger partial charge in [0.25, 0.3) is 0 Å². The van der Waals surface area contributed by atoms with Crippen molar-refractivity contribution in [1.82, 2.24) is 10.2 Å². The van der Waals surface area contributed by atoms with Crippen molar-refractivity contribution in [3.05, 3.63) is 17.8 Å². The number of aromatic carboxylic acids is 1. The van der Waals surface area contributed by atoms with Crippen molar-refractivity contribution in [1.29, 1.82) is 0 Å². The minimum absolute atomic E-state index is 0.137. The third-order valence-electron chi connectivity index (χ3n) is 1.89. The molecule has 1 rings (SSSR count). The number of hydrogen-bond donors (Lipinski definition) is 3. The van der Waals surface area contributed by atoms with Crippen molar-refractivity contribution < 1.29 is 19.5 Å². The van der Waals surface area contributed by atoms with Crippen LogP contribution in [0.15, 0.2) is 12.1 Å². The van der Waals surface area contributed by atoms with E-state index in [9.17, 15) is 14.4 Å². The second-order valence-corrected chi connectivity index (χ2v) is 3.37. The van der Waals surface area contributed by atoms with Crippen LogP contribution in [-0.2, 0) is 9.59 Å². The lowest BCUT2D eigenvalue weighted by molar-refractivity contribution is -0.117. The molecule has 0 saturated carbocycles. The third kappa shape index (κ3) is 3.70. The van der Waals surface area contributed by atoms with Crippen LogP contribution in [0.5, 0.6) is 0 Å². The highest BCUT2D eigenvalue weighted by Gasteiger charge is 2.15. The lowest BCUT2D eigenvalue weighted by Crippen LogP contribution is -2.40. The van der Waals surface area contributed by atoms with Gasteiger partial charge in [-0.1, -0.05) is 0 Å². The Kier molecular flexibility index (Phi) is 4.13. The molecule has 0 aliphatic carbocycles. The van der Waals surface area contributed by atoms with Gasteiger partial charge in [0.15, 0.2) is 11.5 Å². The Morgan fingerprint density at radius 2 is 1.67 bits per heavy atom. The van der Waals surface area contributed by atoms with Gasteiger partial charge in [0.05, 0.1) is 13.1 Å². The Balaban J connectivity index is 2.93. The second-order valence-electron chi connectivity index (χ2n) is 3.37. The maximum Gasteiger partial charge on any atom is 0.356 e. The topological polar surface area (TPSA) is 152 Å². The molecule has 1 aromatic heterocycles. The summed E-state index contributed by atoms with van der Waals surface area (Å²) in [6.07, 6.45) is 0. The van der Waals surface area contributed by atoms with E-state index in [1.54, 1.807) is 0 Å². The van der Waals surface area contributed by atoms with Gasteiger partial charge < -0.3 is 21.5 Å². The molecule has 0 spiro atoms. The van der Waals surface area contributed by atoms with Crippen LogP contribution in [0.4, 0.5) is 5.82 Å². The summed E-state index contributed by atoms with van der Waals surface area (Å²) in [4.78, 5) is 33.4. The molecule has 0 fully saturated rings. The van der Waals surface area contributed by atoms with E-state index in [0.29, 0.717) is 0 Å². The zero-order valence-electron chi connectivity index (χ0n) is 9.24.